The summed E-state index contributed by atoms with van der Waals surface area (Å²) in [4.78, 5) is 17.4. The Morgan fingerprint density at radius 2 is 2.00 bits per heavy atom. The summed E-state index contributed by atoms with van der Waals surface area (Å²) in [6.45, 7) is 0.870. The first kappa shape index (κ1) is 16.8. The zero-order chi connectivity index (χ0) is 17.4. The second-order valence-electron chi connectivity index (χ2n) is 7.61. The molecule has 4 aliphatic rings. The molecule has 136 valence electrons. The molecule has 3 heterocycles. The lowest BCUT2D eigenvalue weighted by molar-refractivity contribution is -0.0499. The van der Waals surface area contributed by atoms with Crippen LogP contribution in [0, 0.1) is 11.8 Å². The van der Waals surface area contributed by atoms with Crippen molar-refractivity contribution in [3.8, 4) is 5.75 Å². The highest BCUT2D eigenvalue weighted by atomic mass is 19.3. The molecule has 0 spiro atoms. The fourth-order valence-electron chi connectivity index (χ4n) is 4.19. The number of carbonyl (C=O) groups is 1. The van der Waals surface area contributed by atoms with Crippen molar-refractivity contribution in [1.29, 1.82) is 0 Å². The highest BCUT2D eigenvalue weighted by Gasteiger charge is 2.38. The molecule has 3 saturated heterocycles. The first-order valence-electron chi connectivity index (χ1n) is 9.16. The van der Waals surface area contributed by atoms with Crippen LogP contribution in [-0.4, -0.2) is 54.5 Å². The summed E-state index contributed by atoms with van der Waals surface area (Å²) >= 11 is 0. The lowest BCUT2D eigenvalue weighted by atomic mass is 9.95. The van der Waals surface area contributed by atoms with Crippen molar-refractivity contribution in [2.24, 2.45) is 11.8 Å². The summed E-state index contributed by atoms with van der Waals surface area (Å²) in [7, 11) is 0. The quantitative estimate of drug-likeness (QED) is 0.817. The third kappa shape index (κ3) is 3.94. The van der Waals surface area contributed by atoms with Gasteiger partial charge in [-0.2, -0.15) is 8.78 Å². The third-order valence-electron chi connectivity index (χ3n) is 5.61. The molecular weight excluding hydrogens is 326 g/mol. The highest BCUT2D eigenvalue weighted by molar-refractivity contribution is 5.94. The second-order valence-corrected chi connectivity index (χ2v) is 7.61. The molecule has 0 radical (unpaired) electrons. The fourth-order valence-corrected chi connectivity index (χ4v) is 4.19. The van der Waals surface area contributed by atoms with E-state index in [0.29, 0.717) is 17.5 Å². The normalized spacial score (nSPS) is 26.8. The van der Waals surface area contributed by atoms with Crippen molar-refractivity contribution in [1.82, 2.24) is 9.80 Å². The Hall–Kier alpha value is -1.69. The third-order valence-corrected chi connectivity index (χ3v) is 5.61. The Kier molecular flexibility index (Phi) is 4.63. The number of hydrogen-bond donors (Lipinski definition) is 0. The van der Waals surface area contributed by atoms with Crippen molar-refractivity contribution in [2.75, 3.05) is 26.2 Å². The number of ether oxygens (including phenoxy) is 1. The Balaban J connectivity index is 1.47. The van der Waals surface area contributed by atoms with E-state index in [1.807, 2.05) is 4.90 Å². The molecule has 1 aromatic carbocycles. The Labute approximate surface area is 146 Å². The van der Waals surface area contributed by atoms with E-state index in [-0.39, 0.29) is 11.7 Å². The van der Waals surface area contributed by atoms with Gasteiger partial charge in [-0.1, -0.05) is 6.07 Å². The van der Waals surface area contributed by atoms with Gasteiger partial charge in [0.05, 0.1) is 0 Å². The summed E-state index contributed by atoms with van der Waals surface area (Å²) < 4.78 is 29.2. The molecule has 0 unspecified atom stereocenters. The van der Waals surface area contributed by atoms with Gasteiger partial charge in [0.2, 0.25) is 0 Å². The maximum absolute atomic E-state index is 12.9. The van der Waals surface area contributed by atoms with Crippen LogP contribution in [0.15, 0.2) is 24.3 Å². The van der Waals surface area contributed by atoms with Gasteiger partial charge in [-0.15, -0.1) is 0 Å². The van der Waals surface area contributed by atoms with Gasteiger partial charge < -0.3 is 9.64 Å². The molecular formula is C19H24F2N2O2. The van der Waals surface area contributed by atoms with Gasteiger partial charge in [-0.25, -0.2) is 0 Å². The van der Waals surface area contributed by atoms with Crippen LogP contribution in [0.4, 0.5) is 8.78 Å². The number of halogens is 2. The van der Waals surface area contributed by atoms with Crippen LogP contribution in [0.5, 0.6) is 5.75 Å². The number of nitrogens with zero attached hydrogens (tertiary/aromatic N) is 2. The van der Waals surface area contributed by atoms with Crippen LogP contribution < -0.4 is 4.74 Å². The van der Waals surface area contributed by atoms with Crippen molar-refractivity contribution >= 4 is 5.91 Å². The zero-order valence-corrected chi connectivity index (χ0v) is 14.2. The van der Waals surface area contributed by atoms with Crippen molar-refractivity contribution in [3.05, 3.63) is 29.8 Å². The molecule has 1 aliphatic carbocycles. The average molecular weight is 350 g/mol. The number of benzene rings is 1. The average Bonchev–Trinajstić information content (AvgIpc) is 3.41. The van der Waals surface area contributed by atoms with Crippen molar-refractivity contribution in [3.63, 3.8) is 0 Å². The van der Waals surface area contributed by atoms with Crippen LogP contribution in [0.1, 0.15) is 36.0 Å². The zero-order valence-electron chi connectivity index (χ0n) is 14.2. The minimum atomic E-state index is -2.88. The minimum Gasteiger partial charge on any atom is -0.435 e. The summed E-state index contributed by atoms with van der Waals surface area (Å²) in [5.74, 6) is 1.33. The molecule has 2 atom stereocenters. The largest absolute Gasteiger partial charge is 0.435 e. The summed E-state index contributed by atoms with van der Waals surface area (Å²) in [5.41, 5.74) is 0.424. The van der Waals surface area contributed by atoms with E-state index < -0.39 is 6.61 Å². The van der Waals surface area contributed by atoms with E-state index in [2.05, 4.69) is 9.64 Å². The number of fused-ring (bicyclic) bond motifs is 4. The Morgan fingerprint density at radius 3 is 2.76 bits per heavy atom. The second kappa shape index (κ2) is 6.90. The van der Waals surface area contributed by atoms with Crippen LogP contribution in [0.2, 0.25) is 0 Å². The number of rotatable bonds is 5. The fraction of sp³-hybridized carbons (Fsp3) is 0.632. The highest BCUT2D eigenvalue weighted by Crippen LogP contribution is 2.35. The van der Waals surface area contributed by atoms with Gasteiger partial charge in [0.1, 0.15) is 5.75 Å². The SMILES string of the molecule is O=C(c1cccc(OC(F)F)c1)N1C[C@@H]2CC[C@H](C1)N(CC1CC1)C2. The van der Waals surface area contributed by atoms with E-state index in [1.54, 1.807) is 12.1 Å². The van der Waals surface area contributed by atoms with E-state index >= 15 is 0 Å². The van der Waals surface area contributed by atoms with Gasteiger partial charge >= 0.3 is 6.61 Å². The molecule has 3 aliphatic heterocycles. The molecule has 1 amide bonds. The van der Waals surface area contributed by atoms with Crippen LogP contribution in [0.3, 0.4) is 0 Å². The van der Waals surface area contributed by atoms with Crippen molar-refractivity contribution in [2.45, 2.75) is 38.3 Å². The molecule has 0 aromatic heterocycles. The molecule has 4 nitrogen and oxygen atoms in total. The summed E-state index contributed by atoms with van der Waals surface area (Å²) in [5, 5.41) is 0. The van der Waals surface area contributed by atoms with E-state index in [9.17, 15) is 13.6 Å². The predicted molar refractivity (Wildman–Crippen MR) is 89.8 cm³/mol. The maximum atomic E-state index is 12.9. The van der Waals surface area contributed by atoms with Crippen molar-refractivity contribution < 1.29 is 18.3 Å². The first-order chi connectivity index (χ1) is 12.1. The molecule has 2 bridgehead atoms. The molecule has 6 heteroatoms. The molecule has 4 fully saturated rings. The number of carbonyl (C=O) groups excluding carboxylic acids is 1. The van der Waals surface area contributed by atoms with Gasteiger partial charge in [-0.05, 0) is 55.7 Å². The number of alkyl halides is 2. The lowest BCUT2D eigenvalue weighted by Gasteiger charge is -2.36. The number of piperidine rings is 1. The first-order valence-corrected chi connectivity index (χ1v) is 9.16. The predicted octanol–water partition coefficient (Wildman–Crippen LogP) is 3.23. The minimum absolute atomic E-state index is 0.0361. The smallest absolute Gasteiger partial charge is 0.387 e. The number of hydrogen-bond acceptors (Lipinski definition) is 3. The summed E-state index contributed by atoms with van der Waals surface area (Å²) in [6.07, 6.45) is 5.00. The van der Waals surface area contributed by atoms with E-state index in [4.69, 9.17) is 0 Å². The molecule has 0 N–H and O–H groups in total. The lowest BCUT2D eigenvalue weighted by Crippen LogP contribution is -2.45. The molecule has 1 aromatic rings. The van der Waals surface area contributed by atoms with E-state index in [0.717, 1.165) is 32.0 Å². The van der Waals surface area contributed by atoms with Gasteiger partial charge in [-0.3, -0.25) is 9.69 Å². The molecule has 25 heavy (non-hydrogen) atoms. The Bertz CT molecular complexity index is 636. The monoisotopic (exact) mass is 350 g/mol. The topological polar surface area (TPSA) is 32.8 Å². The van der Waals surface area contributed by atoms with Crippen LogP contribution in [0.25, 0.3) is 0 Å². The Morgan fingerprint density at radius 1 is 1.16 bits per heavy atom. The van der Waals surface area contributed by atoms with Gasteiger partial charge in [0, 0.05) is 37.8 Å². The number of amides is 1. The summed E-state index contributed by atoms with van der Waals surface area (Å²) in [6, 6.07) is 6.57. The van der Waals surface area contributed by atoms with Crippen LogP contribution in [-0.2, 0) is 0 Å². The van der Waals surface area contributed by atoms with Gasteiger partial charge in [0.15, 0.2) is 0 Å². The van der Waals surface area contributed by atoms with Crippen LogP contribution >= 0.6 is 0 Å². The molecule has 1 saturated carbocycles. The maximum Gasteiger partial charge on any atom is 0.387 e. The van der Waals surface area contributed by atoms with Gasteiger partial charge in [0.25, 0.3) is 5.91 Å². The molecule has 5 rings (SSSR count). The van der Waals surface area contributed by atoms with E-state index in [1.165, 1.54) is 37.9 Å². The standard InChI is InChI=1S/C19H24F2N2O2/c20-19(21)25-17-3-1-2-15(8-17)18(24)23-11-14-6-7-16(12-23)22(10-14)9-13-4-5-13/h1-3,8,13-14,16,19H,4-7,9-12H2/t14-,16-/m1/s1.